The maximum atomic E-state index is 12.8. The molecule has 66 valence electrons. The summed E-state index contributed by atoms with van der Waals surface area (Å²) in [5.41, 5.74) is 0. The summed E-state index contributed by atoms with van der Waals surface area (Å²) in [6, 6.07) is 2.36. The van der Waals surface area contributed by atoms with Crippen LogP contribution in [-0.2, 0) is 10.0 Å². The van der Waals surface area contributed by atoms with Gasteiger partial charge in [-0.1, -0.05) is 0 Å². The van der Waals surface area contributed by atoms with Crippen LogP contribution in [0, 0.1) is 5.82 Å². The molecule has 0 aliphatic heterocycles. The quantitative estimate of drug-likeness (QED) is 0.721. The molecule has 4 nitrogen and oxygen atoms in total. The fourth-order valence-electron chi connectivity index (χ4n) is 0.666. The third kappa shape index (κ3) is 1.59. The Kier molecular flexibility index (Phi) is 2.39. The maximum Gasteiger partial charge on any atom is 0.260 e. The standard InChI is InChI=1S/C6H7FN2O2S/c1-8-12(10,11)6-5(7)3-2-4-9-6/h2-4,8H,1H3. The van der Waals surface area contributed by atoms with Crippen molar-refractivity contribution in [1.82, 2.24) is 9.71 Å². The van der Waals surface area contributed by atoms with Gasteiger partial charge in [-0.3, -0.25) is 0 Å². The Balaban J connectivity index is 3.30. The van der Waals surface area contributed by atoms with Crippen LogP contribution in [0.3, 0.4) is 0 Å². The fraction of sp³-hybridized carbons (Fsp3) is 0.167. The minimum Gasteiger partial charge on any atom is -0.241 e. The van der Waals surface area contributed by atoms with Crippen LogP contribution in [0.5, 0.6) is 0 Å². The summed E-state index contributed by atoms with van der Waals surface area (Å²) in [7, 11) is -2.57. The van der Waals surface area contributed by atoms with Gasteiger partial charge in [-0.15, -0.1) is 0 Å². The second kappa shape index (κ2) is 3.16. The Morgan fingerprint density at radius 3 is 2.75 bits per heavy atom. The van der Waals surface area contributed by atoms with Crippen molar-refractivity contribution in [2.75, 3.05) is 7.05 Å². The molecule has 0 aliphatic carbocycles. The van der Waals surface area contributed by atoms with E-state index in [1.165, 1.54) is 19.3 Å². The molecular formula is C6H7FN2O2S. The van der Waals surface area contributed by atoms with Crippen LogP contribution in [0.2, 0.25) is 0 Å². The zero-order valence-corrected chi connectivity index (χ0v) is 7.10. The molecule has 0 bridgehead atoms. The van der Waals surface area contributed by atoms with Gasteiger partial charge in [0.2, 0.25) is 5.03 Å². The monoisotopic (exact) mass is 190 g/mol. The van der Waals surface area contributed by atoms with E-state index in [1.54, 1.807) is 0 Å². The molecule has 0 saturated carbocycles. The van der Waals surface area contributed by atoms with E-state index in [-0.39, 0.29) is 0 Å². The minimum absolute atomic E-state index is 0.576. The van der Waals surface area contributed by atoms with Crippen molar-refractivity contribution in [2.45, 2.75) is 5.03 Å². The van der Waals surface area contributed by atoms with Crippen LogP contribution in [0.15, 0.2) is 23.4 Å². The number of hydrogen-bond donors (Lipinski definition) is 1. The van der Waals surface area contributed by atoms with E-state index in [4.69, 9.17) is 0 Å². The van der Waals surface area contributed by atoms with Crippen molar-refractivity contribution >= 4 is 10.0 Å². The van der Waals surface area contributed by atoms with Crippen molar-refractivity contribution in [2.24, 2.45) is 0 Å². The van der Waals surface area contributed by atoms with Gasteiger partial charge in [-0.25, -0.2) is 22.5 Å². The molecule has 0 atom stereocenters. The van der Waals surface area contributed by atoms with E-state index in [2.05, 4.69) is 4.98 Å². The third-order valence-corrected chi connectivity index (χ3v) is 2.59. The lowest BCUT2D eigenvalue weighted by atomic mass is 10.5. The second-order valence-corrected chi connectivity index (χ2v) is 3.80. The van der Waals surface area contributed by atoms with E-state index < -0.39 is 20.9 Å². The number of halogens is 1. The summed E-state index contributed by atoms with van der Waals surface area (Å²) in [6.07, 6.45) is 1.22. The molecule has 1 aromatic rings. The highest BCUT2D eigenvalue weighted by Gasteiger charge is 2.17. The van der Waals surface area contributed by atoms with E-state index in [0.717, 1.165) is 6.07 Å². The summed E-state index contributed by atoms with van der Waals surface area (Å²) in [5.74, 6) is -0.855. The molecule has 0 fully saturated rings. The van der Waals surface area contributed by atoms with Crippen LogP contribution in [0.25, 0.3) is 0 Å². The highest BCUT2D eigenvalue weighted by atomic mass is 32.2. The Morgan fingerprint density at radius 2 is 2.25 bits per heavy atom. The van der Waals surface area contributed by atoms with Gasteiger partial charge in [-0.2, -0.15) is 0 Å². The lowest BCUT2D eigenvalue weighted by Crippen LogP contribution is -2.21. The van der Waals surface area contributed by atoms with E-state index in [9.17, 15) is 12.8 Å². The molecule has 6 heteroatoms. The van der Waals surface area contributed by atoms with E-state index >= 15 is 0 Å². The van der Waals surface area contributed by atoms with Crippen molar-refractivity contribution in [3.63, 3.8) is 0 Å². The Labute approximate surface area is 69.5 Å². The number of nitrogens with zero attached hydrogens (tertiary/aromatic N) is 1. The van der Waals surface area contributed by atoms with Gasteiger partial charge in [0.25, 0.3) is 10.0 Å². The van der Waals surface area contributed by atoms with Crippen LogP contribution in [0.4, 0.5) is 4.39 Å². The maximum absolute atomic E-state index is 12.8. The summed E-state index contributed by atoms with van der Waals surface area (Å²) >= 11 is 0. The highest BCUT2D eigenvalue weighted by Crippen LogP contribution is 2.08. The van der Waals surface area contributed by atoms with Crippen molar-refractivity contribution in [1.29, 1.82) is 0 Å². The van der Waals surface area contributed by atoms with Gasteiger partial charge < -0.3 is 0 Å². The number of nitrogens with one attached hydrogen (secondary N) is 1. The van der Waals surface area contributed by atoms with Crippen LogP contribution in [0.1, 0.15) is 0 Å². The molecule has 0 amide bonds. The van der Waals surface area contributed by atoms with E-state index in [1.807, 2.05) is 4.72 Å². The average Bonchev–Trinajstić information content (AvgIpc) is 2.05. The number of pyridine rings is 1. The molecular weight excluding hydrogens is 183 g/mol. The molecule has 0 aromatic carbocycles. The van der Waals surface area contributed by atoms with Crippen molar-refractivity contribution < 1.29 is 12.8 Å². The highest BCUT2D eigenvalue weighted by molar-refractivity contribution is 7.89. The molecule has 0 saturated heterocycles. The number of rotatable bonds is 2. The average molecular weight is 190 g/mol. The van der Waals surface area contributed by atoms with Crippen LogP contribution >= 0.6 is 0 Å². The first-order valence-electron chi connectivity index (χ1n) is 3.12. The normalized spacial score (nSPS) is 11.5. The van der Waals surface area contributed by atoms with Crippen molar-refractivity contribution in [3.05, 3.63) is 24.1 Å². The van der Waals surface area contributed by atoms with Crippen molar-refractivity contribution in [3.8, 4) is 0 Å². The first kappa shape index (κ1) is 9.08. The zero-order valence-electron chi connectivity index (χ0n) is 6.28. The number of aromatic nitrogens is 1. The number of sulfonamides is 1. The largest absolute Gasteiger partial charge is 0.260 e. The van der Waals surface area contributed by atoms with Crippen LogP contribution in [-0.4, -0.2) is 20.4 Å². The Hall–Kier alpha value is -1.01. The number of hydrogen-bond acceptors (Lipinski definition) is 3. The first-order valence-corrected chi connectivity index (χ1v) is 4.60. The van der Waals surface area contributed by atoms with Gasteiger partial charge >= 0.3 is 0 Å². The summed E-state index contributed by atoms with van der Waals surface area (Å²) in [5, 5.41) is -0.576. The molecule has 1 aromatic heterocycles. The summed E-state index contributed by atoms with van der Waals surface area (Å²) in [6.45, 7) is 0. The summed E-state index contributed by atoms with van der Waals surface area (Å²) < 4.78 is 36.8. The minimum atomic E-state index is -3.76. The summed E-state index contributed by atoms with van der Waals surface area (Å²) in [4.78, 5) is 3.40. The fourth-order valence-corrected chi connectivity index (χ4v) is 1.38. The molecule has 1 N–H and O–H groups in total. The van der Waals surface area contributed by atoms with Gasteiger partial charge in [0, 0.05) is 6.20 Å². The van der Waals surface area contributed by atoms with Gasteiger partial charge in [-0.05, 0) is 19.2 Å². The molecule has 0 spiro atoms. The lowest BCUT2D eigenvalue weighted by Gasteiger charge is -2.00. The Morgan fingerprint density at radius 1 is 1.58 bits per heavy atom. The molecule has 0 aliphatic rings. The lowest BCUT2D eigenvalue weighted by molar-refractivity contribution is 0.548. The van der Waals surface area contributed by atoms with E-state index in [0.29, 0.717) is 0 Å². The SMILES string of the molecule is CNS(=O)(=O)c1ncccc1F. The molecule has 12 heavy (non-hydrogen) atoms. The van der Waals surface area contributed by atoms with Gasteiger partial charge in [0.15, 0.2) is 5.82 Å². The topological polar surface area (TPSA) is 59.1 Å². The van der Waals surface area contributed by atoms with Crippen LogP contribution < -0.4 is 4.72 Å². The molecule has 1 rings (SSSR count). The second-order valence-electron chi connectivity index (χ2n) is 2.00. The molecule has 0 radical (unpaired) electrons. The zero-order chi connectivity index (χ0) is 9.19. The smallest absolute Gasteiger partial charge is 0.241 e. The molecule has 1 heterocycles. The third-order valence-electron chi connectivity index (χ3n) is 1.25. The first-order chi connectivity index (χ1) is 5.58. The Bertz CT molecular complexity index is 377. The predicted octanol–water partition coefficient (Wildman–Crippen LogP) is 0.129. The van der Waals surface area contributed by atoms with Gasteiger partial charge in [0.1, 0.15) is 0 Å². The predicted molar refractivity (Wildman–Crippen MR) is 40.4 cm³/mol. The molecule has 0 unspecified atom stereocenters. The van der Waals surface area contributed by atoms with Gasteiger partial charge in [0.05, 0.1) is 0 Å².